The fraction of sp³-hybridized carbons (Fsp3) is 0.625. The van der Waals surface area contributed by atoms with Crippen molar-refractivity contribution < 1.29 is 9.00 Å². The molecule has 0 N–H and O–H groups in total. The lowest BCUT2D eigenvalue weighted by Gasteiger charge is -2.22. The molecule has 0 radical (unpaired) electrons. The van der Waals surface area contributed by atoms with Gasteiger partial charge in [0.1, 0.15) is 0 Å². The van der Waals surface area contributed by atoms with Crippen molar-refractivity contribution >= 4 is 16.7 Å². The van der Waals surface area contributed by atoms with Gasteiger partial charge < -0.3 is 4.90 Å². The molecule has 0 aliphatic rings. The quantitative estimate of drug-likeness (QED) is 0.600. The molecule has 0 aromatic heterocycles. The van der Waals surface area contributed by atoms with Crippen molar-refractivity contribution in [1.29, 1.82) is 0 Å². The second-order valence-corrected chi connectivity index (χ2v) is 4.22. The van der Waals surface area contributed by atoms with Crippen LogP contribution in [-0.2, 0) is 15.6 Å². The van der Waals surface area contributed by atoms with Crippen LogP contribution in [0.25, 0.3) is 0 Å². The molecule has 4 heteroatoms. The molecule has 0 aliphatic carbocycles. The minimum absolute atomic E-state index is 0.00123. The van der Waals surface area contributed by atoms with Gasteiger partial charge in [0, 0.05) is 35.9 Å². The number of amides is 1. The van der Waals surface area contributed by atoms with Crippen molar-refractivity contribution in [2.24, 2.45) is 0 Å². The highest BCUT2D eigenvalue weighted by Crippen LogP contribution is 1.98. The third-order valence-corrected chi connectivity index (χ3v) is 2.61. The molecule has 0 aromatic rings. The van der Waals surface area contributed by atoms with Crippen LogP contribution >= 0.6 is 0 Å². The van der Waals surface area contributed by atoms with Crippen molar-refractivity contribution in [2.75, 3.05) is 19.1 Å². The maximum atomic E-state index is 11.0. The van der Waals surface area contributed by atoms with E-state index in [1.165, 1.54) is 11.0 Å². The first-order chi connectivity index (χ1) is 5.49. The Morgan fingerprint density at radius 3 is 2.58 bits per heavy atom. The van der Waals surface area contributed by atoms with Crippen molar-refractivity contribution in [3.8, 4) is 0 Å². The lowest BCUT2D eigenvalue weighted by molar-refractivity contribution is -0.126. The van der Waals surface area contributed by atoms with Crippen molar-refractivity contribution in [2.45, 2.75) is 13.0 Å². The molecule has 0 fully saturated rings. The third kappa shape index (κ3) is 3.67. The summed E-state index contributed by atoms with van der Waals surface area (Å²) in [7, 11) is 0.819. The van der Waals surface area contributed by atoms with E-state index < -0.39 is 10.8 Å². The number of nitrogens with zero attached hydrogens (tertiary/aromatic N) is 1. The predicted molar refractivity (Wildman–Crippen MR) is 51.4 cm³/mol. The molecule has 0 aliphatic heterocycles. The molecule has 0 unspecified atom stereocenters. The number of likely N-dealkylation sites (N-methyl/N-ethyl adjacent to an activating group) is 1. The fourth-order valence-electron chi connectivity index (χ4n) is 0.813. The SMILES string of the molecule is C=CC(=O)N(C)[C@@H](C)C[S@](C)=O. The monoisotopic (exact) mass is 189 g/mol. The summed E-state index contributed by atoms with van der Waals surface area (Å²) in [5, 5.41) is 0. The second-order valence-electron chi connectivity index (χ2n) is 2.74. The summed E-state index contributed by atoms with van der Waals surface area (Å²) < 4.78 is 10.8. The Hall–Kier alpha value is -0.640. The molecule has 3 nitrogen and oxygen atoms in total. The van der Waals surface area contributed by atoms with Crippen LogP contribution in [0.3, 0.4) is 0 Å². The van der Waals surface area contributed by atoms with Gasteiger partial charge in [0.05, 0.1) is 0 Å². The van der Waals surface area contributed by atoms with Gasteiger partial charge in [0.25, 0.3) is 0 Å². The van der Waals surface area contributed by atoms with E-state index >= 15 is 0 Å². The summed E-state index contributed by atoms with van der Waals surface area (Å²) >= 11 is 0. The molecule has 0 rings (SSSR count). The molecule has 0 spiro atoms. The maximum Gasteiger partial charge on any atom is 0.245 e. The Morgan fingerprint density at radius 2 is 2.25 bits per heavy atom. The zero-order valence-electron chi connectivity index (χ0n) is 7.74. The summed E-state index contributed by atoms with van der Waals surface area (Å²) in [6.45, 7) is 5.24. The first-order valence-corrected chi connectivity index (χ1v) is 5.41. The Bertz CT molecular complexity index is 203. The van der Waals surface area contributed by atoms with E-state index in [-0.39, 0.29) is 11.9 Å². The van der Waals surface area contributed by atoms with Gasteiger partial charge in [-0.05, 0) is 13.0 Å². The molecule has 0 saturated heterocycles. The van der Waals surface area contributed by atoms with Crippen LogP contribution in [0.4, 0.5) is 0 Å². The van der Waals surface area contributed by atoms with Crippen LogP contribution in [0, 0.1) is 0 Å². The normalized spacial score (nSPS) is 14.9. The molecule has 0 saturated carbocycles. The van der Waals surface area contributed by atoms with Gasteiger partial charge in [-0.1, -0.05) is 6.58 Å². The van der Waals surface area contributed by atoms with E-state index in [0.29, 0.717) is 5.75 Å². The molecular weight excluding hydrogens is 174 g/mol. The van der Waals surface area contributed by atoms with E-state index in [9.17, 15) is 9.00 Å². The standard InChI is InChI=1S/C8H15NO2S/c1-5-8(10)9(3)7(2)6-12(4)11/h5,7H,1,6H2,2-4H3/t7-,12-/m0/s1. The largest absolute Gasteiger partial charge is 0.339 e. The Kier molecular flexibility index (Phi) is 4.81. The lowest BCUT2D eigenvalue weighted by Crippen LogP contribution is -2.37. The molecule has 0 bridgehead atoms. The first kappa shape index (κ1) is 11.4. The minimum Gasteiger partial charge on any atom is -0.339 e. The highest BCUT2D eigenvalue weighted by atomic mass is 32.2. The Morgan fingerprint density at radius 1 is 1.75 bits per heavy atom. The summed E-state index contributed by atoms with van der Waals surface area (Å²) in [6.07, 6.45) is 2.89. The van der Waals surface area contributed by atoms with E-state index in [1.54, 1.807) is 13.3 Å². The van der Waals surface area contributed by atoms with Gasteiger partial charge in [0.2, 0.25) is 5.91 Å². The summed E-state index contributed by atoms with van der Waals surface area (Å²) in [5.74, 6) is 0.378. The molecule has 0 aromatic carbocycles. The van der Waals surface area contributed by atoms with Gasteiger partial charge in [-0.2, -0.15) is 0 Å². The van der Waals surface area contributed by atoms with Gasteiger partial charge in [-0.25, -0.2) is 0 Å². The highest BCUT2D eigenvalue weighted by Gasteiger charge is 2.13. The molecule has 1 amide bonds. The summed E-state index contributed by atoms with van der Waals surface area (Å²) in [5.41, 5.74) is 0. The number of hydrogen-bond acceptors (Lipinski definition) is 2. The van der Waals surface area contributed by atoms with Gasteiger partial charge in [-0.15, -0.1) is 0 Å². The van der Waals surface area contributed by atoms with Crippen LogP contribution < -0.4 is 0 Å². The molecule has 2 atom stereocenters. The van der Waals surface area contributed by atoms with Crippen molar-refractivity contribution in [3.63, 3.8) is 0 Å². The molecule has 0 heterocycles. The number of rotatable bonds is 4. The molecular formula is C8H15NO2S. The van der Waals surface area contributed by atoms with Crippen molar-refractivity contribution in [3.05, 3.63) is 12.7 Å². The average molecular weight is 189 g/mol. The van der Waals surface area contributed by atoms with Crippen LogP contribution in [0.15, 0.2) is 12.7 Å². The second kappa shape index (κ2) is 5.09. The maximum absolute atomic E-state index is 11.0. The van der Waals surface area contributed by atoms with Gasteiger partial charge in [0.15, 0.2) is 0 Å². The Labute approximate surface area is 75.9 Å². The molecule has 12 heavy (non-hydrogen) atoms. The predicted octanol–water partition coefficient (Wildman–Crippen LogP) is 0.398. The highest BCUT2D eigenvalue weighted by molar-refractivity contribution is 7.84. The van der Waals surface area contributed by atoms with E-state index in [1.807, 2.05) is 6.92 Å². The van der Waals surface area contributed by atoms with E-state index in [2.05, 4.69) is 6.58 Å². The van der Waals surface area contributed by atoms with Crippen LogP contribution in [-0.4, -0.2) is 40.1 Å². The Balaban J connectivity index is 4.08. The van der Waals surface area contributed by atoms with Crippen LogP contribution in [0.5, 0.6) is 0 Å². The fourth-order valence-corrected chi connectivity index (χ4v) is 1.72. The van der Waals surface area contributed by atoms with Crippen LogP contribution in [0.2, 0.25) is 0 Å². The zero-order valence-corrected chi connectivity index (χ0v) is 8.56. The average Bonchev–Trinajstić information content (AvgIpc) is 2.00. The first-order valence-electron chi connectivity index (χ1n) is 3.68. The number of carbonyl (C=O) groups is 1. The van der Waals surface area contributed by atoms with E-state index in [4.69, 9.17) is 0 Å². The third-order valence-electron chi connectivity index (χ3n) is 1.66. The van der Waals surface area contributed by atoms with Crippen LogP contribution in [0.1, 0.15) is 6.92 Å². The van der Waals surface area contributed by atoms with E-state index in [0.717, 1.165) is 0 Å². The van der Waals surface area contributed by atoms with Gasteiger partial charge >= 0.3 is 0 Å². The van der Waals surface area contributed by atoms with Crippen molar-refractivity contribution in [1.82, 2.24) is 4.90 Å². The zero-order chi connectivity index (χ0) is 9.72. The van der Waals surface area contributed by atoms with Gasteiger partial charge in [-0.3, -0.25) is 9.00 Å². The summed E-state index contributed by atoms with van der Waals surface area (Å²) in [4.78, 5) is 12.6. The smallest absolute Gasteiger partial charge is 0.245 e. The number of hydrogen-bond donors (Lipinski definition) is 0. The minimum atomic E-state index is -0.863. The topological polar surface area (TPSA) is 37.4 Å². The number of carbonyl (C=O) groups excluding carboxylic acids is 1. The lowest BCUT2D eigenvalue weighted by atomic mass is 10.3. The summed E-state index contributed by atoms with van der Waals surface area (Å²) in [6, 6.07) is 0.00123. The molecule has 70 valence electrons.